The fourth-order valence-electron chi connectivity index (χ4n) is 1.58. The van der Waals surface area contributed by atoms with Crippen molar-refractivity contribution >= 4 is 0 Å². The molecule has 2 rings (SSSR count). The van der Waals surface area contributed by atoms with Gasteiger partial charge in [0, 0.05) is 11.6 Å². The lowest BCUT2D eigenvalue weighted by atomic mass is 10.2. The zero-order chi connectivity index (χ0) is 11.7. The molecule has 2 N–H and O–H groups in total. The van der Waals surface area contributed by atoms with Crippen molar-refractivity contribution in [2.24, 2.45) is 0 Å². The van der Waals surface area contributed by atoms with Crippen LogP contribution in [0.15, 0.2) is 35.4 Å². The summed E-state index contributed by atoms with van der Waals surface area (Å²) in [7, 11) is 0. The highest BCUT2D eigenvalue weighted by Crippen LogP contribution is 2.16. The topological polar surface area (TPSA) is 57.0 Å². The summed E-state index contributed by atoms with van der Waals surface area (Å²) in [5.74, 6) is 0.490. The van der Waals surface area contributed by atoms with Crippen LogP contribution in [0.2, 0.25) is 0 Å². The third kappa shape index (κ3) is 1.82. The van der Waals surface area contributed by atoms with Gasteiger partial charge in [0.2, 0.25) is 5.75 Å². The first kappa shape index (κ1) is 10.4. The molecule has 2 aromatic heterocycles. The Hall–Kier alpha value is -2.10. The van der Waals surface area contributed by atoms with Crippen LogP contribution < -0.4 is 10.1 Å². The summed E-state index contributed by atoms with van der Waals surface area (Å²) in [6.45, 7) is 3.64. The number of aryl methyl sites for hydroxylation is 2. The minimum atomic E-state index is -0.223. The quantitative estimate of drug-likeness (QED) is 0.699. The first-order valence-corrected chi connectivity index (χ1v) is 4.99. The Morgan fingerprint density at radius 2 is 2.12 bits per heavy atom. The highest BCUT2D eigenvalue weighted by molar-refractivity contribution is 5.39. The van der Waals surface area contributed by atoms with Crippen LogP contribution in [0.25, 0.3) is 5.82 Å². The third-order valence-electron chi connectivity index (χ3n) is 2.39. The molecule has 0 saturated carbocycles. The van der Waals surface area contributed by atoms with Crippen LogP contribution in [0.1, 0.15) is 11.1 Å². The van der Waals surface area contributed by atoms with Gasteiger partial charge in [0.05, 0.1) is 12.4 Å². The average molecular weight is 217 g/mol. The molecule has 82 valence electrons. The maximum absolute atomic E-state index is 11.3. The minimum absolute atomic E-state index is 0.0928. The molecule has 0 fully saturated rings. The van der Waals surface area contributed by atoms with E-state index in [0.29, 0.717) is 11.4 Å². The predicted molar refractivity (Wildman–Crippen MR) is 59.7 cm³/mol. The number of hydrogen-bond donors (Lipinski definition) is 2. The summed E-state index contributed by atoms with van der Waals surface area (Å²) >= 11 is 0. The Morgan fingerprint density at radius 1 is 1.38 bits per heavy atom. The van der Waals surface area contributed by atoms with Crippen LogP contribution in [0.5, 0.6) is 5.75 Å². The van der Waals surface area contributed by atoms with Crippen molar-refractivity contribution in [2.75, 3.05) is 0 Å². The number of aromatic hydroxyl groups is 1. The maximum Gasteiger partial charge on any atom is 0.332 e. The van der Waals surface area contributed by atoms with E-state index in [9.17, 15) is 9.90 Å². The molecule has 0 spiro atoms. The molecule has 0 bridgehead atoms. The van der Waals surface area contributed by atoms with Gasteiger partial charge in [0.25, 0.3) is 0 Å². The molecular formula is C12H13N2O2+. The van der Waals surface area contributed by atoms with Crippen LogP contribution in [-0.2, 0) is 0 Å². The molecule has 4 heteroatoms. The number of hydrogen-bond acceptors (Lipinski definition) is 2. The van der Waals surface area contributed by atoms with E-state index in [2.05, 4.69) is 4.98 Å². The highest BCUT2D eigenvalue weighted by atomic mass is 16.3. The summed E-state index contributed by atoms with van der Waals surface area (Å²) in [6.07, 6.45) is 3.61. The molecule has 4 nitrogen and oxygen atoms in total. The lowest BCUT2D eigenvalue weighted by Crippen LogP contribution is -2.33. The van der Waals surface area contributed by atoms with Gasteiger partial charge in [0.1, 0.15) is 0 Å². The van der Waals surface area contributed by atoms with Gasteiger partial charge >= 0.3 is 11.4 Å². The Morgan fingerprint density at radius 3 is 2.81 bits per heavy atom. The fraction of sp³-hybridized carbons (Fsp3) is 0.167. The van der Waals surface area contributed by atoms with E-state index in [0.717, 1.165) is 5.56 Å². The van der Waals surface area contributed by atoms with E-state index in [1.165, 1.54) is 6.07 Å². The van der Waals surface area contributed by atoms with Gasteiger partial charge in [-0.2, -0.15) is 0 Å². The van der Waals surface area contributed by atoms with Gasteiger partial charge in [0.15, 0.2) is 0 Å². The van der Waals surface area contributed by atoms with Crippen LogP contribution >= 0.6 is 0 Å². The van der Waals surface area contributed by atoms with Crippen molar-refractivity contribution in [3.05, 3.63) is 52.1 Å². The molecule has 16 heavy (non-hydrogen) atoms. The molecule has 0 amide bonds. The molecule has 2 heterocycles. The van der Waals surface area contributed by atoms with Crippen LogP contribution in [0.4, 0.5) is 0 Å². The normalized spacial score (nSPS) is 10.4. The van der Waals surface area contributed by atoms with Crippen LogP contribution in [0, 0.1) is 13.8 Å². The predicted octanol–water partition coefficient (Wildman–Crippen LogP) is 0.974. The van der Waals surface area contributed by atoms with Gasteiger partial charge in [-0.15, -0.1) is 0 Å². The molecule has 0 radical (unpaired) electrons. The van der Waals surface area contributed by atoms with Gasteiger partial charge in [-0.25, -0.2) is 14.3 Å². The van der Waals surface area contributed by atoms with Crippen LogP contribution in [0.3, 0.4) is 0 Å². The second-order valence-electron chi connectivity index (χ2n) is 3.80. The number of aromatic amines is 1. The van der Waals surface area contributed by atoms with Crippen molar-refractivity contribution < 1.29 is 9.67 Å². The van der Waals surface area contributed by atoms with Gasteiger partial charge < -0.3 is 5.11 Å². The smallest absolute Gasteiger partial charge is 0.332 e. The largest absolute Gasteiger partial charge is 0.501 e. The second kappa shape index (κ2) is 3.81. The lowest BCUT2D eigenvalue weighted by molar-refractivity contribution is -0.600. The van der Waals surface area contributed by atoms with E-state index in [-0.39, 0.29) is 11.3 Å². The number of pyridine rings is 2. The molecule has 0 unspecified atom stereocenters. The molecular weight excluding hydrogens is 204 g/mol. The van der Waals surface area contributed by atoms with Crippen molar-refractivity contribution in [1.82, 2.24) is 4.98 Å². The van der Waals surface area contributed by atoms with Gasteiger partial charge in [-0.05, 0) is 25.5 Å². The molecule has 0 aliphatic heterocycles. The molecule has 0 saturated heterocycles. The van der Waals surface area contributed by atoms with E-state index >= 15 is 0 Å². The first-order valence-electron chi connectivity index (χ1n) is 4.99. The Labute approximate surface area is 92.8 Å². The Balaban J connectivity index is 2.69. The summed E-state index contributed by atoms with van der Waals surface area (Å²) in [4.78, 5) is 14.0. The zero-order valence-electron chi connectivity index (χ0n) is 9.19. The second-order valence-corrected chi connectivity index (χ2v) is 3.80. The van der Waals surface area contributed by atoms with Crippen molar-refractivity contribution in [3.8, 4) is 11.6 Å². The van der Waals surface area contributed by atoms with Gasteiger partial charge in [-0.3, -0.25) is 0 Å². The third-order valence-corrected chi connectivity index (χ3v) is 2.39. The van der Waals surface area contributed by atoms with E-state index in [1.54, 1.807) is 17.7 Å². The van der Waals surface area contributed by atoms with Gasteiger partial charge in [-0.1, -0.05) is 6.07 Å². The monoisotopic (exact) mass is 217 g/mol. The lowest BCUT2D eigenvalue weighted by Gasteiger charge is -2.02. The number of nitrogens with one attached hydrogen (secondary N) is 1. The summed E-state index contributed by atoms with van der Waals surface area (Å²) in [6, 6.07) is 5.17. The number of aromatic nitrogens is 2. The standard InChI is InChI=1S/C12H12N2O2/c1-8-4-3-5-14(7-8)12-11(16)9(2)6-10(15)13-12/h3-7H,1-2H3,(H-,13,15,16)/p+1. The SMILES string of the molecule is Cc1ccc[n+](-c2[nH]c(=O)cc(C)c2O)c1. The number of nitrogens with zero attached hydrogens (tertiary/aromatic N) is 1. The van der Waals surface area contributed by atoms with Crippen molar-refractivity contribution in [3.63, 3.8) is 0 Å². The minimum Gasteiger partial charge on any atom is -0.501 e. The zero-order valence-corrected chi connectivity index (χ0v) is 9.19. The maximum atomic E-state index is 11.3. The van der Waals surface area contributed by atoms with Crippen molar-refractivity contribution in [2.45, 2.75) is 13.8 Å². The average Bonchev–Trinajstić information content (AvgIpc) is 2.23. The molecule has 0 aliphatic rings. The summed E-state index contributed by atoms with van der Waals surface area (Å²) in [5, 5.41) is 9.88. The summed E-state index contributed by atoms with van der Waals surface area (Å²) < 4.78 is 1.69. The Kier molecular flexibility index (Phi) is 2.48. The van der Waals surface area contributed by atoms with E-state index in [4.69, 9.17) is 0 Å². The number of H-pyrrole nitrogens is 1. The van der Waals surface area contributed by atoms with Crippen LogP contribution in [-0.4, -0.2) is 10.1 Å². The Bertz CT molecular complexity index is 588. The molecule has 0 aromatic carbocycles. The molecule has 0 atom stereocenters. The number of rotatable bonds is 1. The molecule has 2 aromatic rings. The molecule has 0 aliphatic carbocycles. The van der Waals surface area contributed by atoms with E-state index in [1.807, 2.05) is 25.3 Å². The fourth-order valence-corrected chi connectivity index (χ4v) is 1.58. The summed E-state index contributed by atoms with van der Waals surface area (Å²) in [5.41, 5.74) is 1.39. The highest BCUT2D eigenvalue weighted by Gasteiger charge is 2.15. The van der Waals surface area contributed by atoms with Crippen molar-refractivity contribution in [1.29, 1.82) is 0 Å². The first-order chi connectivity index (χ1) is 7.58. The van der Waals surface area contributed by atoms with E-state index < -0.39 is 0 Å².